The van der Waals surface area contributed by atoms with Gasteiger partial charge in [-0.3, -0.25) is 0 Å². The lowest BCUT2D eigenvalue weighted by Gasteiger charge is -2.40. The summed E-state index contributed by atoms with van der Waals surface area (Å²) >= 11 is 0. The number of hydrogen-bond donors (Lipinski definition) is 0. The summed E-state index contributed by atoms with van der Waals surface area (Å²) in [4.78, 5) is 0. The molecule has 0 radical (unpaired) electrons. The Hall–Kier alpha value is -1.73. The number of halogens is 7. The van der Waals surface area contributed by atoms with Crippen LogP contribution in [0, 0.1) is 41.2 Å². The van der Waals surface area contributed by atoms with Gasteiger partial charge in [-0.1, -0.05) is 26.7 Å². The Labute approximate surface area is 203 Å². The van der Waals surface area contributed by atoms with Gasteiger partial charge in [-0.25, -0.2) is 8.78 Å². The van der Waals surface area contributed by atoms with Crippen molar-refractivity contribution in [3.05, 3.63) is 35.4 Å². The molecule has 2 aliphatic rings. The van der Waals surface area contributed by atoms with Crippen LogP contribution in [-0.4, -0.2) is 12.3 Å². The molecule has 0 bridgehead atoms. The van der Waals surface area contributed by atoms with Crippen LogP contribution in [0.15, 0.2) is 18.2 Å². The normalized spacial score (nSPS) is 27.2. The van der Waals surface area contributed by atoms with E-state index in [1.807, 2.05) is 0 Å². The molecule has 1 aromatic rings. The molecule has 8 heteroatoms. The molecule has 35 heavy (non-hydrogen) atoms. The lowest BCUT2D eigenvalue weighted by atomic mass is 9.67. The molecule has 1 atom stereocenters. The molecule has 1 unspecified atom stereocenters. The van der Waals surface area contributed by atoms with Crippen LogP contribution in [0.5, 0.6) is 5.75 Å². The first-order valence-electron chi connectivity index (χ1n) is 12.7. The van der Waals surface area contributed by atoms with Gasteiger partial charge < -0.3 is 4.74 Å². The van der Waals surface area contributed by atoms with Crippen molar-refractivity contribution in [2.24, 2.45) is 29.6 Å². The van der Waals surface area contributed by atoms with Gasteiger partial charge in [0.15, 0.2) is 0 Å². The zero-order chi connectivity index (χ0) is 25.8. The molecule has 2 fully saturated rings. The molecule has 0 heterocycles. The van der Waals surface area contributed by atoms with E-state index in [4.69, 9.17) is 0 Å². The monoisotopic (exact) mass is 508 g/mol. The first kappa shape index (κ1) is 27.9. The number of allylic oxidation sites excluding steroid dienone is 1. The number of alkyl halides is 5. The zero-order valence-corrected chi connectivity index (χ0v) is 20.3. The van der Waals surface area contributed by atoms with Crippen molar-refractivity contribution in [1.82, 2.24) is 0 Å². The molecule has 0 amide bonds. The van der Waals surface area contributed by atoms with Crippen molar-refractivity contribution in [2.75, 3.05) is 0 Å². The summed E-state index contributed by atoms with van der Waals surface area (Å²) in [5.74, 6) is -2.14. The van der Waals surface area contributed by atoms with Gasteiger partial charge in [0.2, 0.25) is 0 Å². The largest absolute Gasteiger partial charge is 0.432 e. The number of hydrogen-bond acceptors (Lipinski definition) is 1. The standard InChI is InChI=1S/C27H35F7O/c1-3-4-17(2)18-5-7-19(8-6-18)20-9-11-21(12-10-20)27(33,34)35-22-15-24(28)23(25(29)16-22)13-14-26(30,31)32/h13-21H,3-12H2,1-2H3/b14-13+. The van der Waals surface area contributed by atoms with Crippen molar-refractivity contribution in [3.8, 4) is 5.75 Å². The molecular formula is C27H35F7O. The van der Waals surface area contributed by atoms with E-state index in [0.717, 1.165) is 24.7 Å². The van der Waals surface area contributed by atoms with Crippen LogP contribution in [0.2, 0.25) is 0 Å². The van der Waals surface area contributed by atoms with E-state index < -0.39 is 41.2 Å². The first-order valence-corrected chi connectivity index (χ1v) is 12.7. The molecule has 1 nitrogen and oxygen atoms in total. The third kappa shape index (κ3) is 7.63. The minimum absolute atomic E-state index is 0.228. The van der Waals surface area contributed by atoms with Crippen LogP contribution < -0.4 is 4.74 Å². The van der Waals surface area contributed by atoms with Crippen molar-refractivity contribution in [2.45, 2.75) is 90.3 Å². The van der Waals surface area contributed by atoms with E-state index in [1.165, 1.54) is 25.7 Å². The molecule has 1 aromatic carbocycles. The highest BCUT2D eigenvalue weighted by Gasteiger charge is 2.45. The molecule has 2 aliphatic carbocycles. The highest BCUT2D eigenvalue weighted by atomic mass is 19.4. The second-order valence-corrected chi connectivity index (χ2v) is 10.4. The molecule has 0 spiro atoms. The van der Waals surface area contributed by atoms with Crippen LogP contribution in [0.1, 0.15) is 83.6 Å². The number of ether oxygens (including phenoxy) is 1. The average molecular weight is 509 g/mol. The number of benzene rings is 1. The maximum atomic E-state index is 14.8. The van der Waals surface area contributed by atoms with Gasteiger partial charge in [0.25, 0.3) is 0 Å². The molecule has 3 rings (SSSR count). The third-order valence-electron chi connectivity index (χ3n) is 8.02. The minimum Gasteiger partial charge on any atom is -0.432 e. The summed E-state index contributed by atoms with van der Waals surface area (Å²) in [6.45, 7) is 4.53. The summed E-state index contributed by atoms with van der Waals surface area (Å²) in [6.07, 6.45) is 0.550. The summed E-state index contributed by atoms with van der Waals surface area (Å²) < 4.78 is 99.4. The molecule has 0 saturated heterocycles. The van der Waals surface area contributed by atoms with Gasteiger partial charge in [-0.05, 0) is 81.1 Å². The fourth-order valence-electron chi connectivity index (χ4n) is 6.00. The molecule has 198 valence electrons. The predicted molar refractivity (Wildman–Crippen MR) is 122 cm³/mol. The highest BCUT2D eigenvalue weighted by Crippen LogP contribution is 2.46. The molecule has 0 N–H and O–H groups in total. The van der Waals surface area contributed by atoms with E-state index in [0.29, 0.717) is 36.8 Å². The quantitative estimate of drug-likeness (QED) is 0.318. The molecule has 0 aliphatic heterocycles. The fraction of sp³-hybridized carbons (Fsp3) is 0.704. The Bertz CT molecular complexity index is 825. The van der Waals surface area contributed by atoms with E-state index in [1.54, 1.807) is 0 Å². The van der Waals surface area contributed by atoms with Crippen LogP contribution in [-0.2, 0) is 0 Å². The summed E-state index contributed by atoms with van der Waals surface area (Å²) in [5, 5.41) is 0. The van der Waals surface area contributed by atoms with Gasteiger partial charge in [0, 0.05) is 23.8 Å². The van der Waals surface area contributed by atoms with Crippen LogP contribution in [0.4, 0.5) is 30.7 Å². The summed E-state index contributed by atoms with van der Waals surface area (Å²) in [7, 11) is 0. The molecule has 2 saturated carbocycles. The lowest BCUT2D eigenvalue weighted by molar-refractivity contribution is -0.224. The van der Waals surface area contributed by atoms with Crippen molar-refractivity contribution in [3.63, 3.8) is 0 Å². The maximum absolute atomic E-state index is 14.8. The van der Waals surface area contributed by atoms with Crippen LogP contribution in [0.3, 0.4) is 0 Å². The Morgan fingerprint density at radius 3 is 1.89 bits per heavy atom. The van der Waals surface area contributed by atoms with Crippen LogP contribution >= 0.6 is 0 Å². The second kappa shape index (κ2) is 11.5. The summed E-state index contributed by atoms with van der Waals surface area (Å²) in [6, 6.07) is 0.993. The molecular weight excluding hydrogens is 473 g/mol. The van der Waals surface area contributed by atoms with Gasteiger partial charge in [-0.2, -0.15) is 22.0 Å². The fourth-order valence-corrected chi connectivity index (χ4v) is 6.00. The predicted octanol–water partition coefficient (Wildman–Crippen LogP) is 9.56. The molecule has 0 aromatic heterocycles. The average Bonchev–Trinajstić information content (AvgIpc) is 2.78. The van der Waals surface area contributed by atoms with E-state index in [-0.39, 0.29) is 25.0 Å². The topological polar surface area (TPSA) is 9.23 Å². The van der Waals surface area contributed by atoms with Crippen molar-refractivity contribution < 1.29 is 35.5 Å². The van der Waals surface area contributed by atoms with Crippen molar-refractivity contribution in [1.29, 1.82) is 0 Å². The van der Waals surface area contributed by atoms with E-state index in [2.05, 4.69) is 18.6 Å². The number of rotatable bonds is 8. The van der Waals surface area contributed by atoms with Gasteiger partial charge >= 0.3 is 12.3 Å². The Morgan fingerprint density at radius 1 is 0.886 bits per heavy atom. The SMILES string of the molecule is CCCC(C)C1CCC(C2CCC(C(F)(F)Oc3cc(F)c(/C=C/C(F)(F)F)c(F)c3)CC2)CC1. The van der Waals surface area contributed by atoms with E-state index in [9.17, 15) is 30.7 Å². The first-order chi connectivity index (χ1) is 16.4. The van der Waals surface area contributed by atoms with Gasteiger partial charge in [0.05, 0.1) is 5.92 Å². The lowest BCUT2D eigenvalue weighted by Crippen LogP contribution is -2.38. The van der Waals surface area contributed by atoms with E-state index >= 15 is 0 Å². The van der Waals surface area contributed by atoms with Gasteiger partial charge in [0.1, 0.15) is 17.4 Å². The smallest absolute Gasteiger partial charge is 0.409 e. The third-order valence-corrected chi connectivity index (χ3v) is 8.02. The Kier molecular flexibility index (Phi) is 9.19. The minimum atomic E-state index is -4.76. The Morgan fingerprint density at radius 2 is 1.40 bits per heavy atom. The van der Waals surface area contributed by atoms with Crippen LogP contribution in [0.25, 0.3) is 6.08 Å². The van der Waals surface area contributed by atoms with Gasteiger partial charge in [-0.15, -0.1) is 0 Å². The Balaban J connectivity index is 1.54. The zero-order valence-electron chi connectivity index (χ0n) is 20.3. The second-order valence-electron chi connectivity index (χ2n) is 10.4. The van der Waals surface area contributed by atoms with Crippen molar-refractivity contribution >= 4 is 6.08 Å². The maximum Gasteiger partial charge on any atom is 0.409 e. The summed E-state index contributed by atoms with van der Waals surface area (Å²) in [5.41, 5.74) is -0.961. The highest BCUT2D eigenvalue weighted by molar-refractivity contribution is 5.53.